The van der Waals surface area contributed by atoms with Gasteiger partial charge in [0.15, 0.2) is 0 Å². The molecule has 1 N–H and O–H groups in total. The number of rotatable bonds is 10. The summed E-state index contributed by atoms with van der Waals surface area (Å²) in [4.78, 5) is 18.8. The molecule has 0 aliphatic carbocycles. The normalized spacial score (nSPS) is 11.7. The van der Waals surface area contributed by atoms with Gasteiger partial charge < -0.3 is 14.6 Å². The molecule has 35 heavy (non-hydrogen) atoms. The van der Waals surface area contributed by atoms with Crippen LogP contribution in [0, 0.1) is 0 Å². The molecule has 0 bridgehead atoms. The zero-order valence-electron chi connectivity index (χ0n) is 20.7. The number of hydrogen-bond donors (Lipinski definition) is 1. The van der Waals surface area contributed by atoms with Crippen LogP contribution in [0.1, 0.15) is 55.7 Å². The van der Waals surface area contributed by atoms with Crippen LogP contribution in [0.3, 0.4) is 0 Å². The second-order valence-electron chi connectivity index (χ2n) is 8.46. The van der Waals surface area contributed by atoms with E-state index in [2.05, 4.69) is 31.3 Å². The van der Waals surface area contributed by atoms with Gasteiger partial charge in [0.1, 0.15) is 23.0 Å². The summed E-state index contributed by atoms with van der Waals surface area (Å²) in [7, 11) is 0. The highest BCUT2D eigenvalue weighted by molar-refractivity contribution is 5.99. The van der Waals surface area contributed by atoms with Gasteiger partial charge in [0.05, 0.1) is 12.6 Å². The second-order valence-corrected chi connectivity index (χ2v) is 8.46. The number of ether oxygens (including phenoxy) is 1. The minimum absolute atomic E-state index is 0.0817. The molecule has 1 unspecified atom stereocenters. The van der Waals surface area contributed by atoms with E-state index < -0.39 is 0 Å². The summed E-state index contributed by atoms with van der Waals surface area (Å²) in [5.74, 6) is 1.47. The topological polar surface area (TPSA) is 56.2 Å². The van der Waals surface area contributed by atoms with Crippen molar-refractivity contribution in [3.05, 3.63) is 96.2 Å². The van der Waals surface area contributed by atoms with Gasteiger partial charge in [-0.25, -0.2) is 4.98 Å². The summed E-state index contributed by atoms with van der Waals surface area (Å²) < 4.78 is 7.77. The average Bonchev–Trinajstić information content (AvgIpc) is 3.31. The fourth-order valence-electron chi connectivity index (χ4n) is 4.26. The molecule has 3 aromatic carbocycles. The lowest BCUT2D eigenvalue weighted by Crippen LogP contribution is -2.30. The van der Waals surface area contributed by atoms with Crippen LogP contribution < -0.4 is 10.1 Å². The van der Waals surface area contributed by atoms with Gasteiger partial charge in [-0.2, -0.15) is 0 Å². The van der Waals surface area contributed by atoms with Gasteiger partial charge in [-0.1, -0.05) is 74.5 Å². The largest absolute Gasteiger partial charge is 0.494 e. The van der Waals surface area contributed by atoms with E-state index in [0.29, 0.717) is 24.5 Å². The minimum Gasteiger partial charge on any atom is -0.494 e. The molecule has 0 fully saturated rings. The lowest BCUT2D eigenvalue weighted by Gasteiger charge is -2.19. The number of benzene rings is 3. The molecule has 4 rings (SSSR count). The van der Waals surface area contributed by atoms with Crippen molar-refractivity contribution in [2.75, 3.05) is 6.61 Å². The molecule has 1 aromatic heterocycles. The third-order valence-corrected chi connectivity index (χ3v) is 6.05. The van der Waals surface area contributed by atoms with Crippen LogP contribution in [-0.4, -0.2) is 22.1 Å². The van der Waals surface area contributed by atoms with Crippen molar-refractivity contribution in [3.8, 4) is 28.4 Å². The Kier molecular flexibility index (Phi) is 7.99. The highest BCUT2D eigenvalue weighted by atomic mass is 16.5. The third kappa shape index (κ3) is 5.46. The zero-order valence-corrected chi connectivity index (χ0v) is 20.7. The summed E-state index contributed by atoms with van der Waals surface area (Å²) in [5.41, 5.74) is 4.20. The van der Waals surface area contributed by atoms with Gasteiger partial charge in [0, 0.05) is 17.7 Å². The van der Waals surface area contributed by atoms with Gasteiger partial charge in [-0.05, 0) is 49.6 Å². The Morgan fingerprint density at radius 3 is 2.14 bits per heavy atom. The van der Waals surface area contributed by atoms with Crippen LogP contribution in [-0.2, 0) is 6.54 Å². The van der Waals surface area contributed by atoms with Gasteiger partial charge in [-0.15, -0.1) is 0 Å². The van der Waals surface area contributed by atoms with Crippen molar-refractivity contribution in [2.24, 2.45) is 0 Å². The molecule has 1 heterocycles. The van der Waals surface area contributed by atoms with Crippen LogP contribution in [0.15, 0.2) is 84.9 Å². The van der Waals surface area contributed by atoms with E-state index in [9.17, 15) is 4.79 Å². The van der Waals surface area contributed by atoms with E-state index in [-0.39, 0.29) is 11.9 Å². The predicted molar refractivity (Wildman–Crippen MR) is 141 cm³/mol. The molecule has 1 amide bonds. The first-order chi connectivity index (χ1) is 17.2. The fraction of sp³-hybridized carbons (Fsp3) is 0.267. The Hall–Kier alpha value is -3.86. The number of aromatic nitrogens is 2. The predicted octanol–water partition coefficient (Wildman–Crippen LogP) is 6.91. The number of imidazole rings is 1. The van der Waals surface area contributed by atoms with E-state index in [1.165, 1.54) is 0 Å². The standard InChI is InChI=1S/C30H33N3O2/c1-4-21-35-25-19-17-23(18-20-25)27-28(30(34)31-26(5-2)22-13-9-7-10-14-22)33(6-3)29(32-27)24-15-11-8-12-16-24/h7-20,26H,4-6,21H2,1-3H3,(H,31,34). The second kappa shape index (κ2) is 11.5. The molecule has 0 spiro atoms. The summed E-state index contributed by atoms with van der Waals surface area (Å²) >= 11 is 0. The van der Waals surface area contributed by atoms with E-state index >= 15 is 0 Å². The van der Waals surface area contributed by atoms with E-state index in [1.807, 2.05) is 84.3 Å². The monoisotopic (exact) mass is 467 g/mol. The van der Waals surface area contributed by atoms with E-state index in [4.69, 9.17) is 9.72 Å². The number of nitrogens with one attached hydrogen (secondary N) is 1. The first kappa shape index (κ1) is 24.3. The molecule has 5 heteroatoms. The molecular formula is C30H33N3O2. The van der Waals surface area contributed by atoms with Crippen LogP contribution in [0.4, 0.5) is 0 Å². The van der Waals surface area contributed by atoms with Crippen molar-refractivity contribution in [1.29, 1.82) is 0 Å². The first-order valence-corrected chi connectivity index (χ1v) is 12.4. The summed E-state index contributed by atoms with van der Waals surface area (Å²) in [6.45, 7) is 7.51. The van der Waals surface area contributed by atoms with Crippen molar-refractivity contribution < 1.29 is 9.53 Å². The lowest BCUT2D eigenvalue weighted by atomic mass is 10.0. The maximum atomic E-state index is 13.8. The highest BCUT2D eigenvalue weighted by Gasteiger charge is 2.26. The van der Waals surface area contributed by atoms with Crippen LogP contribution in [0.5, 0.6) is 5.75 Å². The minimum atomic E-state index is -0.126. The van der Waals surface area contributed by atoms with E-state index in [1.54, 1.807) is 0 Å². The lowest BCUT2D eigenvalue weighted by molar-refractivity contribution is 0.0927. The number of hydrogen-bond acceptors (Lipinski definition) is 3. The molecule has 1 atom stereocenters. The molecule has 0 saturated heterocycles. The smallest absolute Gasteiger partial charge is 0.270 e. The Morgan fingerprint density at radius 1 is 0.886 bits per heavy atom. The van der Waals surface area contributed by atoms with Crippen molar-refractivity contribution in [3.63, 3.8) is 0 Å². The molecule has 180 valence electrons. The molecule has 5 nitrogen and oxygen atoms in total. The molecular weight excluding hydrogens is 434 g/mol. The summed E-state index contributed by atoms with van der Waals surface area (Å²) in [6, 6.07) is 27.9. The van der Waals surface area contributed by atoms with Crippen molar-refractivity contribution in [2.45, 2.75) is 46.2 Å². The van der Waals surface area contributed by atoms with E-state index in [0.717, 1.165) is 41.1 Å². The van der Waals surface area contributed by atoms with Crippen molar-refractivity contribution >= 4 is 5.91 Å². The number of carbonyl (C=O) groups excluding carboxylic acids is 1. The van der Waals surface area contributed by atoms with Gasteiger partial charge in [0.2, 0.25) is 0 Å². The molecule has 0 saturated carbocycles. The van der Waals surface area contributed by atoms with Crippen LogP contribution >= 0.6 is 0 Å². The first-order valence-electron chi connectivity index (χ1n) is 12.4. The third-order valence-electron chi connectivity index (χ3n) is 6.05. The molecule has 0 radical (unpaired) electrons. The molecule has 0 aliphatic rings. The fourth-order valence-corrected chi connectivity index (χ4v) is 4.26. The maximum Gasteiger partial charge on any atom is 0.270 e. The Labute approximate surface area is 207 Å². The molecule has 4 aromatic rings. The van der Waals surface area contributed by atoms with Crippen LogP contribution in [0.25, 0.3) is 22.6 Å². The Balaban J connectivity index is 1.78. The van der Waals surface area contributed by atoms with Crippen LogP contribution in [0.2, 0.25) is 0 Å². The molecule has 0 aliphatic heterocycles. The zero-order chi connectivity index (χ0) is 24.6. The quantitative estimate of drug-likeness (QED) is 0.276. The Bertz CT molecular complexity index is 1230. The Morgan fingerprint density at radius 2 is 1.54 bits per heavy atom. The highest BCUT2D eigenvalue weighted by Crippen LogP contribution is 2.31. The van der Waals surface area contributed by atoms with Gasteiger partial charge in [0.25, 0.3) is 5.91 Å². The van der Waals surface area contributed by atoms with Gasteiger partial charge in [-0.3, -0.25) is 4.79 Å². The maximum absolute atomic E-state index is 13.8. The summed E-state index contributed by atoms with van der Waals surface area (Å²) in [5, 5.41) is 3.26. The average molecular weight is 468 g/mol. The SMILES string of the molecule is CCCOc1ccc(-c2nc(-c3ccccc3)n(CC)c2C(=O)NC(CC)c2ccccc2)cc1. The number of carbonyl (C=O) groups is 1. The van der Waals surface area contributed by atoms with Gasteiger partial charge >= 0.3 is 0 Å². The summed E-state index contributed by atoms with van der Waals surface area (Å²) in [6.07, 6.45) is 1.74. The number of nitrogens with zero attached hydrogens (tertiary/aromatic N) is 2. The number of amides is 1. The van der Waals surface area contributed by atoms with Crippen molar-refractivity contribution in [1.82, 2.24) is 14.9 Å².